The van der Waals surface area contributed by atoms with E-state index in [1.54, 1.807) is 34.1 Å². The van der Waals surface area contributed by atoms with Gasteiger partial charge in [-0.15, -0.1) is 0 Å². The van der Waals surface area contributed by atoms with Crippen LogP contribution < -0.4 is 20.7 Å². The van der Waals surface area contributed by atoms with Crippen molar-refractivity contribution in [2.45, 2.75) is 58.5 Å². The molecule has 1 fully saturated rings. The summed E-state index contributed by atoms with van der Waals surface area (Å²) in [6.45, 7) is 7.51. The minimum absolute atomic E-state index is 0.0465. The lowest BCUT2D eigenvalue weighted by Crippen LogP contribution is -2.51. The molecule has 2 aliphatic rings. The molecular formula is C27H39N5O6. The normalized spacial score (nSPS) is 22.1. The second kappa shape index (κ2) is 13.8. The van der Waals surface area contributed by atoms with Crippen LogP contribution in [-0.4, -0.2) is 90.8 Å². The quantitative estimate of drug-likeness (QED) is 0.527. The fraction of sp³-hybridized carbons (Fsp3) is 0.593. The van der Waals surface area contributed by atoms with E-state index < -0.39 is 18.0 Å². The van der Waals surface area contributed by atoms with Crippen molar-refractivity contribution in [1.29, 1.82) is 0 Å². The molecule has 2 aliphatic heterocycles. The smallest absolute Gasteiger partial charge is 0.255 e. The SMILES string of the molecule is CC(=O)N1CCCN(C(=O)[C@@H]2CCC(=O)N[C@H](CC(C)C)C(=O)NCCOc3ccccc3C(=O)N2)CC1. The number of nitrogens with one attached hydrogen (secondary N) is 3. The van der Waals surface area contributed by atoms with Gasteiger partial charge in [-0.2, -0.15) is 0 Å². The van der Waals surface area contributed by atoms with Crippen LogP contribution in [0.15, 0.2) is 24.3 Å². The van der Waals surface area contributed by atoms with E-state index in [1.165, 1.54) is 6.92 Å². The van der Waals surface area contributed by atoms with E-state index in [1.807, 2.05) is 13.8 Å². The topological polar surface area (TPSA) is 137 Å². The van der Waals surface area contributed by atoms with Crippen LogP contribution in [0, 0.1) is 5.92 Å². The number of hydrogen-bond donors (Lipinski definition) is 3. The predicted octanol–water partition coefficient (Wildman–Crippen LogP) is 0.686. The lowest BCUT2D eigenvalue weighted by Gasteiger charge is -2.27. The van der Waals surface area contributed by atoms with E-state index in [0.717, 1.165) is 0 Å². The molecule has 1 saturated heterocycles. The van der Waals surface area contributed by atoms with Gasteiger partial charge in [0.05, 0.1) is 12.1 Å². The van der Waals surface area contributed by atoms with Crippen molar-refractivity contribution in [2.75, 3.05) is 39.3 Å². The molecule has 0 aliphatic carbocycles. The molecule has 1 aromatic rings. The van der Waals surface area contributed by atoms with Crippen molar-refractivity contribution in [3.8, 4) is 5.75 Å². The van der Waals surface area contributed by atoms with Crippen molar-refractivity contribution in [2.24, 2.45) is 5.92 Å². The summed E-state index contributed by atoms with van der Waals surface area (Å²) in [6.07, 6.45) is 1.09. The third-order valence-corrected chi connectivity index (χ3v) is 6.67. The number of hydrogen-bond acceptors (Lipinski definition) is 6. The first-order valence-corrected chi connectivity index (χ1v) is 13.3. The first-order valence-electron chi connectivity index (χ1n) is 13.3. The average molecular weight is 530 g/mol. The molecule has 2 heterocycles. The Hall–Kier alpha value is -3.63. The van der Waals surface area contributed by atoms with Crippen LogP contribution in [0.2, 0.25) is 0 Å². The van der Waals surface area contributed by atoms with Crippen molar-refractivity contribution >= 4 is 29.5 Å². The summed E-state index contributed by atoms with van der Waals surface area (Å²) in [7, 11) is 0. The molecule has 208 valence electrons. The molecule has 2 atom stereocenters. The minimum atomic E-state index is -0.965. The van der Waals surface area contributed by atoms with Crippen LogP contribution in [0.1, 0.15) is 56.8 Å². The van der Waals surface area contributed by atoms with Gasteiger partial charge >= 0.3 is 0 Å². The highest BCUT2D eigenvalue weighted by Gasteiger charge is 2.30. The Balaban J connectivity index is 1.84. The Morgan fingerprint density at radius 2 is 1.74 bits per heavy atom. The molecule has 0 radical (unpaired) electrons. The number of para-hydroxylation sites is 1. The van der Waals surface area contributed by atoms with Gasteiger partial charge in [0.15, 0.2) is 0 Å². The van der Waals surface area contributed by atoms with Crippen LogP contribution in [0.25, 0.3) is 0 Å². The molecule has 3 rings (SSSR count). The number of fused-ring (bicyclic) bond motifs is 1. The van der Waals surface area contributed by atoms with Crippen molar-refractivity contribution in [3.05, 3.63) is 29.8 Å². The molecule has 0 saturated carbocycles. The number of benzene rings is 1. The van der Waals surface area contributed by atoms with Gasteiger partial charge in [-0.05, 0) is 37.3 Å². The second-order valence-corrected chi connectivity index (χ2v) is 10.1. The van der Waals surface area contributed by atoms with Gasteiger partial charge in [0, 0.05) is 39.5 Å². The summed E-state index contributed by atoms with van der Waals surface area (Å²) in [4.78, 5) is 67.6. The zero-order valence-corrected chi connectivity index (χ0v) is 22.5. The maximum atomic E-state index is 13.6. The van der Waals surface area contributed by atoms with Crippen molar-refractivity contribution in [3.63, 3.8) is 0 Å². The number of carbonyl (C=O) groups is 5. The largest absolute Gasteiger partial charge is 0.491 e. The van der Waals surface area contributed by atoms with Crippen molar-refractivity contribution < 1.29 is 28.7 Å². The summed E-state index contributed by atoms with van der Waals surface area (Å²) in [5, 5.41) is 8.39. The van der Waals surface area contributed by atoms with Crippen LogP contribution in [0.4, 0.5) is 0 Å². The fourth-order valence-corrected chi connectivity index (χ4v) is 4.65. The van der Waals surface area contributed by atoms with Crippen LogP contribution in [0.3, 0.4) is 0 Å². The Kier molecular flexibility index (Phi) is 10.5. The highest BCUT2D eigenvalue weighted by atomic mass is 16.5. The van der Waals surface area contributed by atoms with Crippen molar-refractivity contribution in [1.82, 2.24) is 25.8 Å². The van der Waals surface area contributed by atoms with Gasteiger partial charge in [-0.1, -0.05) is 26.0 Å². The Morgan fingerprint density at radius 1 is 1.03 bits per heavy atom. The van der Waals surface area contributed by atoms with Gasteiger partial charge < -0.3 is 30.5 Å². The maximum absolute atomic E-state index is 13.6. The van der Waals surface area contributed by atoms with E-state index in [2.05, 4.69) is 16.0 Å². The van der Waals surface area contributed by atoms with E-state index in [0.29, 0.717) is 44.8 Å². The number of carbonyl (C=O) groups excluding carboxylic acids is 5. The molecule has 0 spiro atoms. The Bertz CT molecular complexity index is 1030. The van der Waals surface area contributed by atoms with E-state index in [-0.39, 0.29) is 61.1 Å². The molecule has 0 bridgehead atoms. The zero-order chi connectivity index (χ0) is 27.7. The number of ether oxygens (including phenoxy) is 1. The summed E-state index contributed by atoms with van der Waals surface area (Å²) >= 11 is 0. The molecule has 11 heteroatoms. The summed E-state index contributed by atoms with van der Waals surface area (Å²) in [6, 6.07) is 5.01. The van der Waals surface area contributed by atoms with E-state index >= 15 is 0 Å². The molecule has 11 nitrogen and oxygen atoms in total. The summed E-state index contributed by atoms with van der Waals surface area (Å²) in [5.74, 6) is -1.02. The predicted molar refractivity (Wildman–Crippen MR) is 140 cm³/mol. The van der Waals surface area contributed by atoms with Crippen LogP contribution in [0.5, 0.6) is 5.75 Å². The molecular weight excluding hydrogens is 490 g/mol. The Morgan fingerprint density at radius 3 is 2.47 bits per heavy atom. The zero-order valence-electron chi connectivity index (χ0n) is 22.5. The minimum Gasteiger partial charge on any atom is -0.491 e. The third kappa shape index (κ3) is 8.19. The first kappa shape index (κ1) is 28.9. The molecule has 5 amide bonds. The number of nitrogens with zero attached hydrogens (tertiary/aromatic N) is 2. The van der Waals surface area contributed by atoms with Gasteiger partial charge in [-0.3, -0.25) is 24.0 Å². The summed E-state index contributed by atoms with van der Waals surface area (Å²) in [5.41, 5.74) is 0.257. The number of amides is 5. The van der Waals surface area contributed by atoms with Gasteiger partial charge in [0.2, 0.25) is 23.6 Å². The lowest BCUT2D eigenvalue weighted by molar-refractivity contribution is -0.134. The lowest BCUT2D eigenvalue weighted by atomic mass is 10.0. The molecule has 38 heavy (non-hydrogen) atoms. The highest BCUT2D eigenvalue weighted by Crippen LogP contribution is 2.19. The standard InChI is InChI=1S/C27H39N5O6/c1-18(2)17-22-26(36)28-11-16-38-23-8-5-4-7-20(23)25(35)30-21(9-10-24(34)29-22)27(37)32-13-6-12-31(14-15-32)19(3)33/h4-5,7-8,18,21-22H,6,9-17H2,1-3H3,(H,28,36)(H,29,34)(H,30,35)/t21-,22+/m0/s1. The van der Waals surface area contributed by atoms with Gasteiger partial charge in [-0.25, -0.2) is 0 Å². The first-order chi connectivity index (χ1) is 18.2. The van der Waals surface area contributed by atoms with Crippen LogP contribution in [-0.2, 0) is 19.2 Å². The van der Waals surface area contributed by atoms with Gasteiger partial charge in [0.1, 0.15) is 24.4 Å². The van der Waals surface area contributed by atoms with Crippen LogP contribution >= 0.6 is 0 Å². The summed E-state index contributed by atoms with van der Waals surface area (Å²) < 4.78 is 5.79. The molecule has 0 aromatic heterocycles. The average Bonchev–Trinajstić information content (AvgIpc) is 3.14. The maximum Gasteiger partial charge on any atom is 0.255 e. The molecule has 3 N–H and O–H groups in total. The molecule has 0 unspecified atom stereocenters. The Labute approximate surface area is 223 Å². The molecule has 1 aromatic carbocycles. The third-order valence-electron chi connectivity index (χ3n) is 6.67. The monoisotopic (exact) mass is 529 g/mol. The highest BCUT2D eigenvalue weighted by molar-refractivity contribution is 6.00. The number of rotatable bonds is 3. The van der Waals surface area contributed by atoms with Gasteiger partial charge in [0.25, 0.3) is 5.91 Å². The second-order valence-electron chi connectivity index (χ2n) is 10.1. The fourth-order valence-electron chi connectivity index (χ4n) is 4.65. The van der Waals surface area contributed by atoms with E-state index in [4.69, 9.17) is 4.74 Å². The van der Waals surface area contributed by atoms with E-state index in [9.17, 15) is 24.0 Å².